The molecule has 6 nitrogen and oxygen atoms in total. The Morgan fingerprint density at radius 3 is 2.69 bits per heavy atom. The Kier molecular flexibility index (Phi) is 4.74. The number of ether oxygens (including phenoxy) is 1. The minimum absolute atomic E-state index is 0. The molecule has 0 radical (unpaired) electrons. The number of hydrogen-bond donors (Lipinski definition) is 0. The Labute approximate surface area is 105 Å². The van der Waals surface area contributed by atoms with Gasteiger partial charge in [-0.1, -0.05) is 0 Å². The van der Waals surface area contributed by atoms with Crippen molar-refractivity contribution in [2.24, 2.45) is 0 Å². The summed E-state index contributed by atoms with van der Waals surface area (Å²) in [6.07, 6.45) is 2.72. The van der Waals surface area contributed by atoms with Gasteiger partial charge in [0.1, 0.15) is 11.5 Å². The molecule has 0 bridgehead atoms. The Balaban J connectivity index is 0.00000128. The van der Waals surface area contributed by atoms with Crippen molar-refractivity contribution in [3.05, 3.63) is 18.1 Å². The van der Waals surface area contributed by atoms with E-state index in [4.69, 9.17) is 4.74 Å². The Hall–Kier alpha value is -1.09. The molecule has 7 heteroatoms. The summed E-state index contributed by atoms with van der Waals surface area (Å²) in [6.45, 7) is 2.64. The fourth-order valence-corrected chi connectivity index (χ4v) is 1.40. The van der Waals surface area contributed by atoms with Gasteiger partial charge in [0.15, 0.2) is 0 Å². The van der Waals surface area contributed by atoms with E-state index >= 15 is 0 Å². The second-order valence-corrected chi connectivity index (χ2v) is 3.15. The van der Waals surface area contributed by atoms with Crippen LogP contribution in [0, 0.1) is 0 Å². The van der Waals surface area contributed by atoms with E-state index in [1.54, 1.807) is 0 Å². The molecule has 0 aliphatic carbocycles. The molecule has 0 spiro atoms. The van der Waals surface area contributed by atoms with Crippen LogP contribution in [-0.2, 0) is 4.74 Å². The molecule has 1 aromatic heterocycles. The fraction of sp³-hybridized carbons (Fsp3) is 0.444. The van der Waals surface area contributed by atoms with Gasteiger partial charge in [0.2, 0.25) is 0 Å². The largest absolute Gasteiger partial charge is 1.00 e. The van der Waals surface area contributed by atoms with Gasteiger partial charge in [-0.05, 0) is 0 Å². The zero-order valence-corrected chi connectivity index (χ0v) is 9.05. The maximum Gasteiger partial charge on any atom is 1.00 e. The average molecular weight is 215 g/mol. The third-order valence-corrected chi connectivity index (χ3v) is 2.17. The minimum atomic E-state index is -1.31. The fourth-order valence-electron chi connectivity index (χ4n) is 1.40. The number of morpholine rings is 1. The van der Waals surface area contributed by atoms with Crippen LogP contribution in [0.25, 0.3) is 0 Å². The van der Waals surface area contributed by atoms with E-state index in [0.717, 1.165) is 0 Å². The molecule has 0 saturated carbocycles. The second kappa shape index (κ2) is 5.85. The molecule has 2 rings (SSSR count). The average Bonchev–Trinajstić information content (AvgIpc) is 2.30. The van der Waals surface area contributed by atoms with Gasteiger partial charge in [-0.3, -0.25) is 4.98 Å². The number of aromatic nitrogens is 2. The number of anilines is 1. The van der Waals surface area contributed by atoms with Crippen LogP contribution in [0.4, 0.5) is 5.82 Å². The SMILES string of the molecule is O=C([O-])c1cncc(N2CCOCC2)n1.[Li+]. The van der Waals surface area contributed by atoms with Crippen LogP contribution in [0.15, 0.2) is 12.4 Å². The van der Waals surface area contributed by atoms with Crippen LogP contribution < -0.4 is 28.9 Å². The first-order valence-electron chi connectivity index (χ1n) is 4.63. The van der Waals surface area contributed by atoms with Gasteiger partial charge in [0, 0.05) is 13.1 Å². The van der Waals surface area contributed by atoms with Crippen molar-refractivity contribution >= 4 is 11.8 Å². The molecule has 0 amide bonds. The summed E-state index contributed by atoms with van der Waals surface area (Å²) in [6, 6.07) is 0. The molecule has 16 heavy (non-hydrogen) atoms. The summed E-state index contributed by atoms with van der Waals surface area (Å²) >= 11 is 0. The van der Waals surface area contributed by atoms with Crippen LogP contribution in [0.5, 0.6) is 0 Å². The van der Waals surface area contributed by atoms with E-state index in [0.29, 0.717) is 32.1 Å². The molecular formula is C9H10LiN3O3. The topological polar surface area (TPSA) is 78.4 Å². The van der Waals surface area contributed by atoms with E-state index in [1.807, 2.05) is 4.90 Å². The van der Waals surface area contributed by atoms with Gasteiger partial charge < -0.3 is 19.5 Å². The van der Waals surface area contributed by atoms with Gasteiger partial charge in [-0.25, -0.2) is 4.98 Å². The number of rotatable bonds is 2. The summed E-state index contributed by atoms with van der Waals surface area (Å²) in [5.74, 6) is -0.752. The van der Waals surface area contributed by atoms with Crippen molar-refractivity contribution < 1.29 is 33.5 Å². The van der Waals surface area contributed by atoms with Gasteiger partial charge in [-0.2, -0.15) is 0 Å². The van der Waals surface area contributed by atoms with Crippen molar-refractivity contribution in [1.82, 2.24) is 9.97 Å². The Morgan fingerprint density at radius 1 is 1.38 bits per heavy atom. The molecular weight excluding hydrogens is 205 g/mol. The zero-order valence-electron chi connectivity index (χ0n) is 9.05. The number of nitrogens with zero attached hydrogens (tertiary/aromatic N) is 3. The first kappa shape index (κ1) is 13.0. The molecule has 1 fully saturated rings. The van der Waals surface area contributed by atoms with Gasteiger partial charge in [0.05, 0.1) is 31.6 Å². The van der Waals surface area contributed by atoms with Crippen molar-refractivity contribution in [3.63, 3.8) is 0 Å². The number of carbonyl (C=O) groups excluding carboxylic acids is 1. The predicted molar refractivity (Wildman–Crippen MR) is 49.4 cm³/mol. The number of carbonyl (C=O) groups is 1. The Morgan fingerprint density at radius 2 is 2.06 bits per heavy atom. The minimum Gasteiger partial charge on any atom is -0.543 e. The molecule has 0 unspecified atom stereocenters. The molecule has 1 aliphatic rings. The van der Waals surface area contributed by atoms with E-state index in [-0.39, 0.29) is 24.6 Å². The zero-order chi connectivity index (χ0) is 10.7. The summed E-state index contributed by atoms with van der Waals surface area (Å²) in [4.78, 5) is 20.3. The van der Waals surface area contributed by atoms with Crippen molar-refractivity contribution in [2.45, 2.75) is 0 Å². The van der Waals surface area contributed by atoms with Crippen LogP contribution >= 0.6 is 0 Å². The summed E-state index contributed by atoms with van der Waals surface area (Å²) in [7, 11) is 0. The van der Waals surface area contributed by atoms with Gasteiger partial charge in [0.25, 0.3) is 0 Å². The quantitative estimate of drug-likeness (QED) is 0.464. The molecule has 80 valence electrons. The maximum atomic E-state index is 10.6. The first-order valence-corrected chi connectivity index (χ1v) is 4.63. The number of carboxylic acids is 1. The predicted octanol–water partition coefficient (Wildman–Crippen LogP) is -4.32. The van der Waals surface area contributed by atoms with Crippen LogP contribution in [0.2, 0.25) is 0 Å². The monoisotopic (exact) mass is 215 g/mol. The number of aromatic carboxylic acids is 1. The van der Waals surface area contributed by atoms with Crippen LogP contribution in [-0.4, -0.2) is 42.2 Å². The van der Waals surface area contributed by atoms with Crippen molar-refractivity contribution in [2.75, 3.05) is 31.2 Å². The molecule has 1 aliphatic heterocycles. The third kappa shape index (κ3) is 2.95. The Bertz CT molecular complexity index is 369. The summed E-state index contributed by atoms with van der Waals surface area (Å²) in [5, 5.41) is 10.6. The number of hydrogen-bond acceptors (Lipinski definition) is 6. The molecule has 0 N–H and O–H groups in total. The number of carboxylic acid groups (broad SMARTS) is 1. The third-order valence-electron chi connectivity index (χ3n) is 2.17. The van der Waals surface area contributed by atoms with Crippen molar-refractivity contribution in [3.8, 4) is 0 Å². The smallest absolute Gasteiger partial charge is 0.543 e. The van der Waals surface area contributed by atoms with E-state index in [1.165, 1.54) is 12.4 Å². The maximum absolute atomic E-state index is 10.6. The molecule has 0 aromatic carbocycles. The molecule has 1 aromatic rings. The van der Waals surface area contributed by atoms with Gasteiger partial charge in [-0.15, -0.1) is 0 Å². The van der Waals surface area contributed by atoms with E-state index in [9.17, 15) is 9.90 Å². The summed E-state index contributed by atoms with van der Waals surface area (Å²) < 4.78 is 5.18. The first-order chi connectivity index (χ1) is 7.27. The van der Waals surface area contributed by atoms with Gasteiger partial charge >= 0.3 is 18.9 Å². The normalized spacial score (nSPS) is 15.4. The molecule has 0 atom stereocenters. The van der Waals surface area contributed by atoms with Crippen LogP contribution in [0.1, 0.15) is 10.5 Å². The van der Waals surface area contributed by atoms with Crippen molar-refractivity contribution in [1.29, 1.82) is 0 Å². The summed E-state index contributed by atoms with van der Waals surface area (Å²) in [5.41, 5.74) is -0.140. The molecule has 2 heterocycles. The van der Waals surface area contributed by atoms with E-state index in [2.05, 4.69) is 9.97 Å². The van der Waals surface area contributed by atoms with Crippen LogP contribution in [0.3, 0.4) is 0 Å². The molecule has 1 saturated heterocycles. The van der Waals surface area contributed by atoms with E-state index < -0.39 is 5.97 Å². The second-order valence-electron chi connectivity index (χ2n) is 3.15. The standard InChI is InChI=1S/C9H11N3O3.Li/c13-9(14)7-5-10-6-8(11-7)12-1-3-15-4-2-12;/h5-6H,1-4H2,(H,13,14);/q;+1/p-1.